The first-order valence-corrected chi connectivity index (χ1v) is 6.17. The molecule has 16 heavy (non-hydrogen) atoms. The number of carbonyl (C=O) groups is 1. The molecule has 0 aliphatic heterocycles. The zero-order chi connectivity index (χ0) is 12.0. The van der Waals surface area contributed by atoms with Crippen LogP contribution in [0, 0.1) is 0 Å². The smallest absolute Gasteiger partial charge is 0.152 e. The lowest BCUT2D eigenvalue weighted by Gasteiger charge is -2.16. The van der Waals surface area contributed by atoms with E-state index in [0.717, 1.165) is 25.5 Å². The molecule has 0 radical (unpaired) electrons. The molecule has 0 spiro atoms. The van der Waals surface area contributed by atoms with Gasteiger partial charge in [0.15, 0.2) is 6.29 Å². The highest BCUT2D eigenvalue weighted by Crippen LogP contribution is 2.27. The molecule has 1 aromatic rings. The molecule has 0 heterocycles. The summed E-state index contributed by atoms with van der Waals surface area (Å²) in [5.41, 5.74) is 8.10. The number of carbonyl (C=O) groups excluding carboxylic acids is 1. The summed E-state index contributed by atoms with van der Waals surface area (Å²) in [4.78, 5) is 10.7. The van der Waals surface area contributed by atoms with Gasteiger partial charge >= 0.3 is 0 Å². The summed E-state index contributed by atoms with van der Waals surface area (Å²) < 4.78 is 0. The van der Waals surface area contributed by atoms with Gasteiger partial charge in [-0.15, -0.1) is 11.6 Å². The molecule has 2 N–H and O–H groups in total. The maximum absolute atomic E-state index is 10.7. The van der Waals surface area contributed by atoms with Crippen molar-refractivity contribution >= 4 is 23.6 Å². The summed E-state index contributed by atoms with van der Waals surface area (Å²) in [5.74, 6) is 1.10. The molecule has 0 saturated heterocycles. The number of halogens is 1. The minimum Gasteiger partial charge on any atom is -0.398 e. The van der Waals surface area contributed by atoms with Crippen molar-refractivity contribution in [2.45, 2.75) is 32.1 Å². The summed E-state index contributed by atoms with van der Waals surface area (Å²) in [5, 5.41) is 0. The summed E-state index contributed by atoms with van der Waals surface area (Å²) in [7, 11) is 0. The number of hydrogen-bond acceptors (Lipinski definition) is 2. The Hall–Kier alpha value is -1.02. The average molecular weight is 240 g/mol. The molecular formula is C13H18ClNO. The first-order chi connectivity index (χ1) is 7.72. The Morgan fingerprint density at radius 2 is 2.19 bits per heavy atom. The number of benzene rings is 1. The van der Waals surface area contributed by atoms with E-state index in [0.29, 0.717) is 23.0 Å². The van der Waals surface area contributed by atoms with Gasteiger partial charge in [-0.3, -0.25) is 4.79 Å². The lowest BCUT2D eigenvalue weighted by Crippen LogP contribution is -2.02. The van der Waals surface area contributed by atoms with Crippen molar-refractivity contribution in [1.29, 1.82) is 0 Å². The number of rotatable bonds is 6. The molecule has 3 heteroatoms. The van der Waals surface area contributed by atoms with Crippen LogP contribution in [-0.4, -0.2) is 12.2 Å². The third-order valence-electron chi connectivity index (χ3n) is 2.80. The van der Waals surface area contributed by atoms with Gasteiger partial charge in [0.05, 0.1) is 0 Å². The number of nitrogen functional groups attached to an aromatic ring is 1. The second-order valence-corrected chi connectivity index (χ2v) is 4.35. The van der Waals surface area contributed by atoms with Crippen LogP contribution in [0.15, 0.2) is 18.2 Å². The molecule has 0 fully saturated rings. The maximum Gasteiger partial charge on any atom is 0.152 e. The van der Waals surface area contributed by atoms with Gasteiger partial charge in [-0.25, -0.2) is 0 Å². The van der Waals surface area contributed by atoms with E-state index in [4.69, 9.17) is 17.3 Å². The maximum atomic E-state index is 10.7. The number of aldehydes is 1. The molecule has 2 nitrogen and oxygen atoms in total. The molecule has 1 aromatic carbocycles. The van der Waals surface area contributed by atoms with Crippen LogP contribution in [0.25, 0.3) is 0 Å². The molecule has 0 aliphatic rings. The van der Waals surface area contributed by atoms with E-state index in [9.17, 15) is 4.79 Å². The highest BCUT2D eigenvalue weighted by atomic mass is 35.5. The van der Waals surface area contributed by atoms with E-state index in [2.05, 4.69) is 6.92 Å². The monoisotopic (exact) mass is 239 g/mol. The van der Waals surface area contributed by atoms with Gasteiger partial charge in [0, 0.05) is 17.1 Å². The van der Waals surface area contributed by atoms with Crippen LogP contribution in [-0.2, 0) is 0 Å². The Morgan fingerprint density at radius 3 is 2.69 bits per heavy atom. The SMILES string of the molecule is CCCC(CCCl)c1ccc(C=O)c(N)c1. The molecule has 1 atom stereocenters. The lowest BCUT2D eigenvalue weighted by molar-refractivity contribution is 0.112. The number of alkyl halides is 1. The predicted octanol–water partition coefficient (Wildman–Crippen LogP) is 3.59. The minimum atomic E-state index is 0.450. The first kappa shape index (κ1) is 13.0. The van der Waals surface area contributed by atoms with Crippen LogP contribution in [0.4, 0.5) is 5.69 Å². The Balaban J connectivity index is 2.91. The normalized spacial score (nSPS) is 12.4. The van der Waals surface area contributed by atoms with Gasteiger partial charge < -0.3 is 5.73 Å². The molecular weight excluding hydrogens is 222 g/mol. The van der Waals surface area contributed by atoms with Crippen molar-refractivity contribution in [1.82, 2.24) is 0 Å². The van der Waals surface area contributed by atoms with Gasteiger partial charge in [-0.1, -0.05) is 19.4 Å². The van der Waals surface area contributed by atoms with Crippen molar-refractivity contribution in [3.05, 3.63) is 29.3 Å². The van der Waals surface area contributed by atoms with Crippen LogP contribution >= 0.6 is 11.6 Å². The summed E-state index contributed by atoms with van der Waals surface area (Å²) in [6.45, 7) is 2.16. The highest BCUT2D eigenvalue weighted by Gasteiger charge is 2.11. The van der Waals surface area contributed by atoms with Crippen molar-refractivity contribution in [2.24, 2.45) is 0 Å². The van der Waals surface area contributed by atoms with E-state index >= 15 is 0 Å². The van der Waals surface area contributed by atoms with Crippen LogP contribution in [0.1, 0.15) is 48.0 Å². The van der Waals surface area contributed by atoms with Crippen LogP contribution in [0.2, 0.25) is 0 Å². The fraction of sp³-hybridized carbons (Fsp3) is 0.462. The van der Waals surface area contributed by atoms with Gasteiger partial charge in [0.25, 0.3) is 0 Å². The van der Waals surface area contributed by atoms with Crippen LogP contribution < -0.4 is 5.73 Å². The summed E-state index contributed by atoms with van der Waals surface area (Å²) >= 11 is 5.79. The molecule has 0 amide bonds. The minimum absolute atomic E-state index is 0.450. The zero-order valence-corrected chi connectivity index (χ0v) is 10.3. The third kappa shape index (κ3) is 3.24. The standard InChI is InChI=1S/C13H18ClNO/c1-2-3-10(6-7-14)11-4-5-12(9-16)13(15)8-11/h4-5,8-10H,2-3,6-7,15H2,1H3. The first-order valence-electron chi connectivity index (χ1n) is 5.63. The van der Waals surface area contributed by atoms with Gasteiger partial charge in [0.1, 0.15) is 0 Å². The van der Waals surface area contributed by atoms with Gasteiger partial charge in [0.2, 0.25) is 0 Å². The number of hydrogen-bond donors (Lipinski definition) is 1. The lowest BCUT2D eigenvalue weighted by atomic mass is 9.91. The largest absolute Gasteiger partial charge is 0.398 e. The van der Waals surface area contributed by atoms with Crippen molar-refractivity contribution in [3.8, 4) is 0 Å². The zero-order valence-electron chi connectivity index (χ0n) is 9.58. The predicted molar refractivity (Wildman–Crippen MR) is 69.2 cm³/mol. The number of anilines is 1. The van der Waals surface area contributed by atoms with Crippen LogP contribution in [0.5, 0.6) is 0 Å². The molecule has 0 saturated carbocycles. The average Bonchev–Trinajstić information content (AvgIpc) is 2.28. The quantitative estimate of drug-likeness (QED) is 0.468. The van der Waals surface area contributed by atoms with Crippen molar-refractivity contribution < 1.29 is 4.79 Å². The van der Waals surface area contributed by atoms with Crippen molar-refractivity contribution in [3.63, 3.8) is 0 Å². The molecule has 1 unspecified atom stereocenters. The van der Waals surface area contributed by atoms with Crippen molar-refractivity contribution in [2.75, 3.05) is 11.6 Å². The summed E-state index contributed by atoms with van der Waals surface area (Å²) in [6.07, 6.45) is 3.97. The van der Waals surface area contributed by atoms with E-state index in [1.165, 1.54) is 5.56 Å². The van der Waals surface area contributed by atoms with Crippen LogP contribution in [0.3, 0.4) is 0 Å². The van der Waals surface area contributed by atoms with Gasteiger partial charge in [-0.05, 0) is 36.5 Å². The fourth-order valence-electron chi connectivity index (χ4n) is 1.91. The fourth-order valence-corrected chi connectivity index (χ4v) is 2.18. The highest BCUT2D eigenvalue weighted by molar-refractivity contribution is 6.17. The van der Waals surface area contributed by atoms with Gasteiger partial charge in [-0.2, -0.15) is 0 Å². The van der Waals surface area contributed by atoms with E-state index in [1.807, 2.05) is 12.1 Å². The molecule has 88 valence electrons. The van der Waals surface area contributed by atoms with E-state index in [-0.39, 0.29) is 0 Å². The molecule has 1 rings (SSSR count). The van der Waals surface area contributed by atoms with E-state index < -0.39 is 0 Å². The second kappa shape index (κ2) is 6.54. The Morgan fingerprint density at radius 1 is 1.44 bits per heavy atom. The number of nitrogens with two attached hydrogens (primary N) is 1. The topological polar surface area (TPSA) is 43.1 Å². The molecule has 0 aromatic heterocycles. The Bertz CT molecular complexity index is 346. The Kier molecular flexibility index (Phi) is 5.33. The Labute approximate surface area is 102 Å². The third-order valence-corrected chi connectivity index (χ3v) is 3.02. The second-order valence-electron chi connectivity index (χ2n) is 3.97. The molecule has 0 bridgehead atoms. The van der Waals surface area contributed by atoms with E-state index in [1.54, 1.807) is 6.07 Å². The summed E-state index contributed by atoms with van der Waals surface area (Å²) in [6, 6.07) is 5.66. The molecule has 0 aliphatic carbocycles.